The predicted molar refractivity (Wildman–Crippen MR) is 194 cm³/mol. The quantitative estimate of drug-likeness (QED) is 0.226. The minimum absolute atomic E-state index is 0.0533. The van der Waals surface area contributed by atoms with Gasteiger partial charge in [0.1, 0.15) is 11.5 Å². The van der Waals surface area contributed by atoms with Crippen LogP contribution in [0.3, 0.4) is 0 Å². The fourth-order valence-electron chi connectivity index (χ4n) is 6.19. The van der Waals surface area contributed by atoms with Crippen LogP contribution in [0.15, 0.2) is 66.7 Å². The Hall–Kier alpha value is -5.88. The summed E-state index contributed by atoms with van der Waals surface area (Å²) in [5.74, 6) is -3.12. The van der Waals surface area contributed by atoms with Crippen LogP contribution in [0, 0.1) is 0 Å². The van der Waals surface area contributed by atoms with E-state index in [4.69, 9.17) is 14.2 Å². The third-order valence-corrected chi connectivity index (χ3v) is 10.8. The lowest BCUT2D eigenvalue weighted by Gasteiger charge is -2.35. The van der Waals surface area contributed by atoms with Crippen LogP contribution in [0.5, 0.6) is 11.5 Å². The smallest absolute Gasteiger partial charge is 0.309 e. The number of fused-ring (bicyclic) bond motifs is 2. The predicted octanol–water partition coefficient (Wildman–Crippen LogP) is 2.20. The number of ether oxygens (including phenoxy) is 3. The van der Waals surface area contributed by atoms with Crippen LogP contribution in [0.4, 0.5) is 21.0 Å². The largest absolute Gasteiger partial charge is 0.482 e. The molecule has 16 nitrogen and oxygen atoms in total. The molecule has 0 saturated carbocycles. The van der Waals surface area contributed by atoms with Gasteiger partial charge in [0.15, 0.2) is 13.2 Å². The zero-order valence-corrected chi connectivity index (χ0v) is 29.9. The molecule has 0 bridgehead atoms. The Kier molecular flexibility index (Phi) is 10.5. The van der Waals surface area contributed by atoms with Crippen LogP contribution in [0.2, 0.25) is 0 Å². The summed E-state index contributed by atoms with van der Waals surface area (Å²) < 4.78 is 17.0. The van der Waals surface area contributed by atoms with Gasteiger partial charge in [-0.1, -0.05) is 66.0 Å². The Balaban J connectivity index is 1.11. The number of hydrogen-bond acceptors (Lipinski definition) is 13. The fraction of sp³-hybridized carbons (Fsp3) is 0.278. The van der Waals surface area contributed by atoms with E-state index in [9.17, 15) is 38.4 Å². The molecule has 0 spiro atoms. The highest BCUT2D eigenvalue weighted by Gasteiger charge is 2.40. The molecular formula is C36H31N5O11S2. The van der Waals surface area contributed by atoms with Crippen molar-refractivity contribution in [3.63, 3.8) is 0 Å². The van der Waals surface area contributed by atoms with Crippen LogP contribution in [-0.2, 0) is 52.9 Å². The van der Waals surface area contributed by atoms with Crippen molar-refractivity contribution in [3.05, 3.63) is 83.4 Å². The maximum atomic E-state index is 13.8. The van der Waals surface area contributed by atoms with Gasteiger partial charge in [-0.25, -0.2) is 0 Å². The van der Waals surface area contributed by atoms with E-state index in [0.717, 1.165) is 34.0 Å². The second-order valence-corrected chi connectivity index (χ2v) is 14.8. The maximum Gasteiger partial charge on any atom is 0.309 e. The maximum absolute atomic E-state index is 13.8. The molecule has 3 unspecified atom stereocenters. The molecule has 0 aromatic heterocycles. The molecule has 3 aromatic carbocycles. The molecule has 4 aliphatic rings. The Morgan fingerprint density at radius 3 is 1.93 bits per heavy atom. The lowest BCUT2D eigenvalue weighted by atomic mass is 10.1. The third-order valence-electron chi connectivity index (χ3n) is 8.80. The van der Waals surface area contributed by atoms with Crippen LogP contribution >= 0.6 is 23.5 Å². The molecule has 2 saturated heterocycles. The topological polar surface area (TPSA) is 207 Å². The number of carbonyl (C=O) groups is 8. The first-order chi connectivity index (χ1) is 26.0. The molecular weight excluding hydrogens is 743 g/mol. The van der Waals surface area contributed by atoms with Crippen molar-refractivity contribution in [2.75, 3.05) is 29.6 Å². The minimum atomic E-state index is -1.80. The van der Waals surface area contributed by atoms with Crippen LogP contribution < -0.4 is 35.2 Å². The summed E-state index contributed by atoms with van der Waals surface area (Å²) in [4.78, 5) is 104. The number of hydrogen-bond donors (Lipinski definition) is 3. The highest BCUT2D eigenvalue weighted by atomic mass is 32.2. The third kappa shape index (κ3) is 8.03. The van der Waals surface area contributed by atoms with Crippen molar-refractivity contribution in [3.8, 4) is 11.5 Å². The first kappa shape index (κ1) is 36.5. The number of carbonyl (C=O) groups excluding carboxylic acids is 8. The molecule has 3 aromatic rings. The Bertz CT molecular complexity index is 2080. The molecule has 7 rings (SSSR count). The molecule has 0 radical (unpaired) electrons. The number of esters is 1. The van der Waals surface area contributed by atoms with Gasteiger partial charge >= 0.3 is 5.97 Å². The summed E-state index contributed by atoms with van der Waals surface area (Å²) >= 11 is 1.72. The second kappa shape index (κ2) is 15.6. The van der Waals surface area contributed by atoms with Crippen LogP contribution in [0.1, 0.15) is 23.1 Å². The molecule has 278 valence electrons. The molecule has 7 amide bonds. The number of imide groups is 2. The van der Waals surface area contributed by atoms with E-state index in [1.807, 2.05) is 6.07 Å². The minimum Gasteiger partial charge on any atom is -0.482 e. The number of benzene rings is 3. The number of nitrogens with one attached hydrogen (secondary N) is 3. The summed E-state index contributed by atoms with van der Waals surface area (Å²) in [6, 6.07) is 18.8. The van der Waals surface area contributed by atoms with Gasteiger partial charge in [0, 0.05) is 13.1 Å². The molecule has 2 fully saturated rings. The van der Waals surface area contributed by atoms with E-state index in [1.54, 1.807) is 60.7 Å². The first-order valence-electron chi connectivity index (χ1n) is 16.7. The Labute approximate surface area is 315 Å². The van der Waals surface area contributed by atoms with Crippen molar-refractivity contribution < 1.29 is 52.6 Å². The fourth-order valence-corrected chi connectivity index (χ4v) is 7.91. The van der Waals surface area contributed by atoms with Crippen molar-refractivity contribution in [1.82, 2.24) is 16.0 Å². The molecule has 18 heteroatoms. The van der Waals surface area contributed by atoms with Crippen LogP contribution in [-0.4, -0.2) is 82.5 Å². The lowest BCUT2D eigenvalue weighted by molar-refractivity contribution is -0.157. The first-order valence-corrected chi connectivity index (χ1v) is 18.5. The van der Waals surface area contributed by atoms with Crippen LogP contribution in [0.25, 0.3) is 0 Å². The average Bonchev–Trinajstić information content (AvgIpc) is 3.65. The number of nitrogens with zero attached hydrogens (tertiary/aromatic N) is 2. The van der Waals surface area contributed by atoms with Crippen molar-refractivity contribution in [1.29, 1.82) is 0 Å². The van der Waals surface area contributed by atoms with E-state index in [1.165, 1.54) is 4.90 Å². The van der Waals surface area contributed by atoms with E-state index in [0.29, 0.717) is 22.6 Å². The second-order valence-electron chi connectivity index (χ2n) is 12.5. The summed E-state index contributed by atoms with van der Waals surface area (Å²) in [5, 5.41) is 4.96. The molecule has 4 aliphatic heterocycles. The van der Waals surface area contributed by atoms with Crippen molar-refractivity contribution in [2.24, 2.45) is 0 Å². The number of amides is 7. The van der Waals surface area contributed by atoms with Gasteiger partial charge < -0.3 is 24.4 Å². The van der Waals surface area contributed by atoms with Gasteiger partial charge in [0.2, 0.25) is 11.8 Å². The highest BCUT2D eigenvalue weighted by molar-refractivity contribution is 8.15. The SMILES string of the molecule is O=C(CCN1C(=O)COc2ccc(CC3SC(=O)NC3=O)cc21)OC(C(=O)NCc1ccccc1)N1C(=O)COc2ccc(CC3SC(=O)NC3=O)cc21. The van der Waals surface area contributed by atoms with E-state index in [2.05, 4.69) is 16.0 Å². The van der Waals surface area contributed by atoms with Gasteiger partial charge in [0.05, 0.1) is 28.3 Å². The summed E-state index contributed by atoms with van der Waals surface area (Å²) in [6.45, 7) is -0.876. The summed E-state index contributed by atoms with van der Waals surface area (Å²) in [6.07, 6.45) is -1.85. The molecule has 0 aliphatic carbocycles. The zero-order valence-electron chi connectivity index (χ0n) is 28.2. The Morgan fingerprint density at radius 1 is 0.759 bits per heavy atom. The van der Waals surface area contributed by atoms with E-state index in [-0.39, 0.29) is 50.4 Å². The van der Waals surface area contributed by atoms with Gasteiger partial charge in [-0.15, -0.1) is 0 Å². The van der Waals surface area contributed by atoms with E-state index < -0.39 is 69.3 Å². The summed E-state index contributed by atoms with van der Waals surface area (Å²) in [5.41, 5.74) is 2.42. The monoisotopic (exact) mass is 773 g/mol. The lowest BCUT2D eigenvalue weighted by Crippen LogP contribution is -2.55. The van der Waals surface area contributed by atoms with Gasteiger partial charge in [-0.3, -0.25) is 53.9 Å². The number of thioether (sulfide) groups is 2. The van der Waals surface area contributed by atoms with E-state index >= 15 is 0 Å². The highest BCUT2D eigenvalue weighted by Crippen LogP contribution is 2.37. The van der Waals surface area contributed by atoms with Gasteiger partial charge in [-0.2, -0.15) is 0 Å². The number of anilines is 2. The molecule has 3 atom stereocenters. The van der Waals surface area contributed by atoms with Gasteiger partial charge in [-0.05, 0) is 53.8 Å². The van der Waals surface area contributed by atoms with Gasteiger partial charge in [0.25, 0.3) is 34.4 Å². The number of rotatable bonds is 12. The normalized spacial score (nSPS) is 19.6. The molecule has 54 heavy (non-hydrogen) atoms. The standard InChI is InChI=1S/C36H31N5O11S2/c42-28-17-50-24-8-6-20(14-26-31(45)38-35(48)53-26)12-22(24)40(28)11-10-30(44)52-34(33(47)37-16-19-4-2-1-3-5-19)41-23-13-21(7-9-25(23)51-18-29(41)43)15-27-32(46)39-36(49)54-27/h1-9,12-13,26-27,34H,10-11,14-18H2,(H,37,47)(H,38,45,48)(H,39,46,49). The zero-order chi connectivity index (χ0) is 37.9. The van der Waals surface area contributed by atoms with Crippen molar-refractivity contribution in [2.45, 2.75) is 42.5 Å². The summed E-state index contributed by atoms with van der Waals surface area (Å²) in [7, 11) is 0. The molecule has 4 heterocycles. The van der Waals surface area contributed by atoms with Crippen molar-refractivity contribution >= 4 is 80.9 Å². The average molecular weight is 774 g/mol. The molecule has 3 N–H and O–H groups in total. The Morgan fingerprint density at radius 2 is 1.33 bits per heavy atom.